The smallest absolute Gasteiger partial charge is 0.241 e. The van der Waals surface area contributed by atoms with Crippen LogP contribution in [0.5, 0.6) is 0 Å². The van der Waals surface area contributed by atoms with Crippen molar-refractivity contribution < 1.29 is 0 Å². The number of fused-ring (bicyclic) bond motifs is 2. The van der Waals surface area contributed by atoms with Crippen molar-refractivity contribution in [3.8, 4) is 11.1 Å². The molecule has 28 heavy (non-hydrogen) atoms. The Morgan fingerprint density at radius 2 is 1.93 bits per heavy atom. The van der Waals surface area contributed by atoms with Gasteiger partial charge in [0.2, 0.25) is 5.95 Å². The maximum atomic E-state index is 4.64. The lowest BCUT2D eigenvalue weighted by Gasteiger charge is -2.12. The lowest BCUT2D eigenvalue weighted by Crippen LogP contribution is -2.19. The van der Waals surface area contributed by atoms with Crippen LogP contribution in [0.4, 0.5) is 5.95 Å². The van der Waals surface area contributed by atoms with Crippen molar-refractivity contribution in [2.75, 3.05) is 5.32 Å². The fourth-order valence-electron chi connectivity index (χ4n) is 4.02. The molecule has 0 unspecified atom stereocenters. The highest BCUT2D eigenvalue weighted by molar-refractivity contribution is 5.85. The van der Waals surface area contributed by atoms with Crippen molar-refractivity contribution in [2.45, 2.75) is 52.6 Å². The molecule has 144 valence electrons. The number of hydrogen-bond acceptors (Lipinski definition) is 5. The molecule has 0 amide bonds. The van der Waals surface area contributed by atoms with Gasteiger partial charge in [-0.15, -0.1) is 5.10 Å². The van der Waals surface area contributed by atoms with E-state index in [4.69, 9.17) is 0 Å². The number of anilines is 1. The van der Waals surface area contributed by atoms with Crippen LogP contribution in [0.15, 0.2) is 30.7 Å². The average Bonchev–Trinajstić information content (AvgIpc) is 3.35. The van der Waals surface area contributed by atoms with Crippen LogP contribution in [0, 0.1) is 12.8 Å². The van der Waals surface area contributed by atoms with Gasteiger partial charge in [0.05, 0.1) is 17.2 Å². The highest BCUT2D eigenvalue weighted by Gasteiger charge is 2.28. The number of nitrogens with zero attached hydrogens (tertiary/aromatic N) is 6. The van der Waals surface area contributed by atoms with Gasteiger partial charge in [-0.3, -0.25) is 0 Å². The van der Waals surface area contributed by atoms with E-state index in [0.717, 1.165) is 39.5 Å². The predicted octanol–water partition coefficient (Wildman–Crippen LogP) is 4.24. The lowest BCUT2D eigenvalue weighted by molar-refractivity contribution is 0.600. The minimum absolute atomic E-state index is 0.332. The summed E-state index contributed by atoms with van der Waals surface area (Å²) in [4.78, 5) is 13.7. The molecule has 0 aliphatic heterocycles. The molecule has 4 aromatic rings. The third-order valence-electron chi connectivity index (χ3n) is 5.65. The zero-order valence-corrected chi connectivity index (χ0v) is 16.7. The summed E-state index contributed by atoms with van der Waals surface area (Å²) in [6.45, 7) is 8.56. The van der Waals surface area contributed by atoms with E-state index < -0.39 is 0 Å². The van der Waals surface area contributed by atoms with E-state index in [1.165, 1.54) is 12.8 Å². The van der Waals surface area contributed by atoms with Crippen molar-refractivity contribution in [3.05, 3.63) is 36.5 Å². The van der Waals surface area contributed by atoms with E-state index in [-0.39, 0.29) is 0 Å². The van der Waals surface area contributed by atoms with Gasteiger partial charge < -0.3 is 9.88 Å². The Labute approximate surface area is 163 Å². The summed E-state index contributed by atoms with van der Waals surface area (Å²) in [7, 11) is 0. The molecule has 4 heterocycles. The summed E-state index contributed by atoms with van der Waals surface area (Å²) in [6.07, 6.45) is 8.35. The first kappa shape index (κ1) is 17.2. The maximum absolute atomic E-state index is 4.64. The Balaban J connectivity index is 1.54. The van der Waals surface area contributed by atoms with E-state index in [0.29, 0.717) is 18.0 Å². The molecule has 1 aliphatic rings. The molecule has 0 saturated heterocycles. The van der Waals surface area contributed by atoms with Gasteiger partial charge in [-0.25, -0.2) is 19.5 Å². The maximum Gasteiger partial charge on any atom is 0.241 e. The Bertz CT molecular complexity index is 1170. The van der Waals surface area contributed by atoms with Crippen LogP contribution in [0.3, 0.4) is 0 Å². The molecular formula is C21H25N7. The SMILES string of the molecule is Cc1nc2ncc(-c3ccn4nc(N[C@@H](C)C5CC5)ncc34)cc2n1C(C)C. The number of aryl methyl sites for hydroxylation is 1. The fourth-order valence-corrected chi connectivity index (χ4v) is 4.02. The molecule has 4 aromatic heterocycles. The lowest BCUT2D eigenvalue weighted by atomic mass is 10.1. The molecule has 1 atom stereocenters. The molecule has 1 aliphatic carbocycles. The molecule has 0 aromatic carbocycles. The quantitative estimate of drug-likeness (QED) is 0.565. The van der Waals surface area contributed by atoms with Gasteiger partial charge in [-0.1, -0.05) is 0 Å². The van der Waals surface area contributed by atoms with Gasteiger partial charge in [-0.2, -0.15) is 0 Å². The van der Waals surface area contributed by atoms with Gasteiger partial charge in [0, 0.05) is 35.6 Å². The zero-order valence-electron chi connectivity index (χ0n) is 16.7. The Kier molecular flexibility index (Phi) is 3.86. The average molecular weight is 375 g/mol. The van der Waals surface area contributed by atoms with Crippen LogP contribution >= 0.6 is 0 Å². The van der Waals surface area contributed by atoms with Crippen LogP contribution in [0.1, 0.15) is 45.5 Å². The molecular weight excluding hydrogens is 350 g/mol. The number of hydrogen-bond donors (Lipinski definition) is 1. The van der Waals surface area contributed by atoms with Crippen LogP contribution in [0.25, 0.3) is 27.8 Å². The summed E-state index contributed by atoms with van der Waals surface area (Å²) in [6, 6.07) is 4.99. The number of imidazole rings is 1. The first-order chi connectivity index (χ1) is 13.5. The zero-order chi connectivity index (χ0) is 19.4. The first-order valence-corrected chi connectivity index (χ1v) is 9.97. The predicted molar refractivity (Wildman–Crippen MR) is 110 cm³/mol. The molecule has 7 nitrogen and oxygen atoms in total. The second-order valence-corrected chi connectivity index (χ2v) is 8.10. The summed E-state index contributed by atoms with van der Waals surface area (Å²) in [5.41, 5.74) is 4.94. The van der Waals surface area contributed by atoms with Gasteiger partial charge >= 0.3 is 0 Å². The van der Waals surface area contributed by atoms with Gasteiger partial charge in [-0.05, 0) is 58.6 Å². The number of rotatable bonds is 5. The minimum Gasteiger partial charge on any atom is -0.350 e. The number of pyridine rings is 1. The Morgan fingerprint density at radius 3 is 2.68 bits per heavy atom. The van der Waals surface area contributed by atoms with Gasteiger partial charge in [0.25, 0.3) is 0 Å². The van der Waals surface area contributed by atoms with Gasteiger partial charge in [0.15, 0.2) is 5.65 Å². The van der Waals surface area contributed by atoms with E-state index in [2.05, 4.69) is 62.8 Å². The van der Waals surface area contributed by atoms with E-state index in [9.17, 15) is 0 Å². The summed E-state index contributed by atoms with van der Waals surface area (Å²) in [5.74, 6) is 2.42. The molecule has 5 rings (SSSR count). The van der Waals surface area contributed by atoms with Crippen molar-refractivity contribution in [2.24, 2.45) is 5.92 Å². The van der Waals surface area contributed by atoms with E-state index >= 15 is 0 Å². The summed E-state index contributed by atoms with van der Waals surface area (Å²) < 4.78 is 4.11. The van der Waals surface area contributed by atoms with E-state index in [1.807, 2.05) is 30.0 Å². The molecule has 0 radical (unpaired) electrons. The normalized spacial score (nSPS) is 15.6. The number of nitrogens with one attached hydrogen (secondary N) is 1. The Hall–Kier alpha value is -2.96. The van der Waals surface area contributed by atoms with Crippen molar-refractivity contribution in [3.63, 3.8) is 0 Å². The molecule has 7 heteroatoms. The topological polar surface area (TPSA) is 72.9 Å². The molecule has 0 bridgehead atoms. The second-order valence-electron chi connectivity index (χ2n) is 8.10. The van der Waals surface area contributed by atoms with Crippen LogP contribution in [-0.2, 0) is 0 Å². The van der Waals surface area contributed by atoms with Crippen LogP contribution in [-0.4, -0.2) is 35.2 Å². The summed E-state index contributed by atoms with van der Waals surface area (Å²) in [5, 5.41) is 8.07. The molecule has 0 spiro atoms. The standard InChI is InChI=1S/C21H25N7/c1-12(2)28-14(4)25-20-18(28)9-16(10-22-20)17-7-8-27-19(17)11-23-21(26-27)24-13(3)15-5-6-15/h7-13,15H,5-6H2,1-4H3,(H,24,26)/t13-/m0/s1. The Morgan fingerprint density at radius 1 is 1.11 bits per heavy atom. The highest BCUT2D eigenvalue weighted by Crippen LogP contribution is 2.34. The van der Waals surface area contributed by atoms with Crippen molar-refractivity contribution in [1.29, 1.82) is 0 Å². The van der Waals surface area contributed by atoms with Gasteiger partial charge in [0.1, 0.15) is 5.82 Å². The van der Waals surface area contributed by atoms with Crippen molar-refractivity contribution >= 4 is 22.6 Å². The largest absolute Gasteiger partial charge is 0.350 e. The highest BCUT2D eigenvalue weighted by atomic mass is 15.3. The third-order valence-corrected chi connectivity index (χ3v) is 5.65. The minimum atomic E-state index is 0.332. The van der Waals surface area contributed by atoms with Crippen LogP contribution in [0.2, 0.25) is 0 Å². The van der Waals surface area contributed by atoms with Crippen LogP contribution < -0.4 is 5.32 Å². The molecule has 1 N–H and O–H groups in total. The molecule has 1 saturated carbocycles. The summed E-state index contributed by atoms with van der Waals surface area (Å²) >= 11 is 0. The second kappa shape index (κ2) is 6.29. The van der Waals surface area contributed by atoms with Crippen molar-refractivity contribution in [1.82, 2.24) is 29.1 Å². The van der Waals surface area contributed by atoms with E-state index in [1.54, 1.807) is 0 Å². The third kappa shape index (κ3) is 2.82. The molecule has 1 fully saturated rings. The fraction of sp³-hybridized carbons (Fsp3) is 0.429. The monoisotopic (exact) mass is 375 g/mol. The number of aromatic nitrogens is 6. The first-order valence-electron chi connectivity index (χ1n) is 9.97.